The summed E-state index contributed by atoms with van der Waals surface area (Å²) in [5.74, 6) is -1.66. The van der Waals surface area contributed by atoms with E-state index in [1.807, 2.05) is 58.0 Å². The Kier molecular flexibility index (Phi) is 7.33. The van der Waals surface area contributed by atoms with Crippen LogP contribution in [-0.2, 0) is 27.4 Å². The van der Waals surface area contributed by atoms with E-state index in [0.29, 0.717) is 13.0 Å². The van der Waals surface area contributed by atoms with Crippen molar-refractivity contribution in [2.24, 2.45) is 11.3 Å². The summed E-state index contributed by atoms with van der Waals surface area (Å²) in [4.78, 5) is 26.9. The highest BCUT2D eigenvalue weighted by Gasteiger charge is 2.54. The maximum Gasteiger partial charge on any atom is 0.410 e. The average molecular weight is 475 g/mol. The van der Waals surface area contributed by atoms with Crippen molar-refractivity contribution in [2.75, 3.05) is 13.2 Å². The Hall–Kier alpha value is -3.36. The van der Waals surface area contributed by atoms with Gasteiger partial charge in [0, 0.05) is 37.0 Å². The van der Waals surface area contributed by atoms with E-state index in [1.165, 1.54) is 0 Å². The molecule has 1 saturated heterocycles. The van der Waals surface area contributed by atoms with E-state index in [9.17, 15) is 24.9 Å². The largest absolute Gasteiger partial charge is 0.503 e. The molecular formula is C25H34N2O7. The Balaban J connectivity index is 1.53. The second-order valence-corrected chi connectivity index (χ2v) is 9.97. The number of ether oxygens (including phenoxy) is 2. The van der Waals surface area contributed by atoms with Gasteiger partial charge < -0.3 is 29.7 Å². The van der Waals surface area contributed by atoms with E-state index in [4.69, 9.17) is 9.47 Å². The van der Waals surface area contributed by atoms with E-state index in [-0.39, 0.29) is 43.4 Å². The molecule has 1 unspecified atom stereocenters. The number of aromatic hydroxyl groups is 3. The normalized spacial score (nSPS) is 18.6. The Bertz CT molecular complexity index is 1010. The maximum atomic E-state index is 12.9. The van der Waals surface area contributed by atoms with E-state index in [1.54, 1.807) is 4.90 Å². The lowest BCUT2D eigenvalue weighted by Gasteiger charge is -2.36. The number of benzene rings is 1. The molecule has 3 N–H and O–H groups in total. The second-order valence-electron chi connectivity index (χ2n) is 9.97. The monoisotopic (exact) mass is 474 g/mol. The number of amides is 1. The molecule has 34 heavy (non-hydrogen) atoms. The number of carbonyl (C=O) groups excluding carboxylic acids is 2. The van der Waals surface area contributed by atoms with Crippen molar-refractivity contribution in [1.29, 1.82) is 0 Å². The standard InChI is InChI=1S/C25H34N2O7/c1-24(2)16-27(23(32)34-14-17-9-6-5-7-10-17)25(3,4)19(24)15-33-21(30)11-8-12-26-20(29)13-18(28)22(26)31/h5-7,9-10,13,19,28-29,31H,8,11-12,14-16H2,1-4H3. The van der Waals surface area contributed by atoms with Crippen molar-refractivity contribution in [1.82, 2.24) is 9.47 Å². The predicted molar refractivity (Wildman–Crippen MR) is 124 cm³/mol. The van der Waals surface area contributed by atoms with Gasteiger partial charge in [-0.25, -0.2) is 4.79 Å². The number of aromatic nitrogens is 1. The summed E-state index contributed by atoms with van der Waals surface area (Å²) < 4.78 is 12.2. The van der Waals surface area contributed by atoms with Crippen molar-refractivity contribution in [3.63, 3.8) is 0 Å². The molecule has 2 heterocycles. The van der Waals surface area contributed by atoms with Gasteiger partial charge in [-0.2, -0.15) is 0 Å². The lowest BCUT2D eigenvalue weighted by molar-refractivity contribution is -0.146. The van der Waals surface area contributed by atoms with Crippen LogP contribution in [0.15, 0.2) is 36.4 Å². The molecule has 1 atom stereocenters. The number of hydrogen-bond donors (Lipinski definition) is 3. The Labute approximate surface area is 199 Å². The summed E-state index contributed by atoms with van der Waals surface area (Å²) in [6.45, 7) is 8.96. The molecule has 1 aromatic heterocycles. The first-order valence-corrected chi connectivity index (χ1v) is 11.4. The van der Waals surface area contributed by atoms with Gasteiger partial charge in [0.1, 0.15) is 6.61 Å². The fourth-order valence-corrected chi connectivity index (χ4v) is 4.75. The molecule has 186 valence electrons. The highest BCUT2D eigenvalue weighted by atomic mass is 16.6. The Morgan fingerprint density at radius 3 is 2.35 bits per heavy atom. The molecule has 1 aromatic carbocycles. The third-order valence-electron chi connectivity index (χ3n) is 6.68. The number of esters is 1. The van der Waals surface area contributed by atoms with Crippen molar-refractivity contribution in [3.05, 3.63) is 42.0 Å². The summed E-state index contributed by atoms with van der Waals surface area (Å²) in [7, 11) is 0. The number of likely N-dealkylation sites (tertiary alicyclic amines) is 1. The van der Waals surface area contributed by atoms with Crippen LogP contribution in [-0.4, -0.2) is 55.5 Å². The maximum absolute atomic E-state index is 12.9. The van der Waals surface area contributed by atoms with Gasteiger partial charge in [-0.05, 0) is 31.2 Å². The van der Waals surface area contributed by atoms with Crippen LogP contribution < -0.4 is 0 Å². The summed E-state index contributed by atoms with van der Waals surface area (Å²) in [5, 5.41) is 28.8. The molecule has 0 aliphatic carbocycles. The molecule has 0 saturated carbocycles. The van der Waals surface area contributed by atoms with Gasteiger partial charge in [-0.3, -0.25) is 9.36 Å². The van der Waals surface area contributed by atoms with Gasteiger partial charge in [0.15, 0.2) is 11.6 Å². The zero-order chi connectivity index (χ0) is 25.1. The summed E-state index contributed by atoms with van der Waals surface area (Å²) in [6.07, 6.45) is -0.0112. The van der Waals surface area contributed by atoms with Gasteiger partial charge in [0.25, 0.3) is 0 Å². The van der Waals surface area contributed by atoms with Crippen LogP contribution in [0.4, 0.5) is 4.79 Å². The molecule has 9 nitrogen and oxygen atoms in total. The molecule has 1 aliphatic rings. The van der Waals surface area contributed by atoms with Gasteiger partial charge in [-0.15, -0.1) is 0 Å². The zero-order valence-electron chi connectivity index (χ0n) is 20.2. The first kappa shape index (κ1) is 25.3. The lowest BCUT2D eigenvalue weighted by Crippen LogP contribution is -2.47. The van der Waals surface area contributed by atoms with Gasteiger partial charge in [0.2, 0.25) is 5.88 Å². The SMILES string of the molecule is CC1(C)CN(C(=O)OCc2ccccc2)C(C)(C)C1COC(=O)CCCn1c(O)cc(O)c1O. The molecule has 9 heteroatoms. The summed E-state index contributed by atoms with van der Waals surface area (Å²) >= 11 is 0. The third kappa shape index (κ3) is 5.40. The van der Waals surface area contributed by atoms with Crippen molar-refractivity contribution in [3.8, 4) is 17.5 Å². The fourth-order valence-electron chi connectivity index (χ4n) is 4.75. The first-order valence-electron chi connectivity index (χ1n) is 11.4. The van der Waals surface area contributed by atoms with Crippen LogP contribution >= 0.6 is 0 Å². The van der Waals surface area contributed by atoms with Crippen molar-refractivity contribution < 1.29 is 34.4 Å². The van der Waals surface area contributed by atoms with Gasteiger partial charge in [-0.1, -0.05) is 44.2 Å². The van der Waals surface area contributed by atoms with Crippen LogP contribution in [0, 0.1) is 11.3 Å². The smallest absolute Gasteiger partial charge is 0.410 e. The number of nitrogens with zero attached hydrogens (tertiary/aromatic N) is 2. The quantitative estimate of drug-likeness (QED) is 0.494. The third-order valence-corrected chi connectivity index (χ3v) is 6.68. The molecule has 0 spiro atoms. The molecule has 1 fully saturated rings. The number of hydrogen-bond acceptors (Lipinski definition) is 7. The molecule has 1 amide bonds. The molecule has 2 aromatic rings. The van der Waals surface area contributed by atoms with Crippen LogP contribution in [0.1, 0.15) is 46.1 Å². The highest BCUT2D eigenvalue weighted by Crippen LogP contribution is 2.47. The number of rotatable bonds is 8. The molecular weight excluding hydrogens is 440 g/mol. The van der Waals surface area contributed by atoms with E-state index in [2.05, 4.69) is 0 Å². The summed E-state index contributed by atoms with van der Waals surface area (Å²) in [5.41, 5.74) is 0.0301. The van der Waals surface area contributed by atoms with E-state index >= 15 is 0 Å². The lowest BCUT2D eigenvalue weighted by atomic mass is 9.74. The molecule has 3 rings (SSSR count). The zero-order valence-corrected chi connectivity index (χ0v) is 20.2. The molecule has 1 aliphatic heterocycles. The molecule has 0 radical (unpaired) electrons. The minimum Gasteiger partial charge on any atom is -0.503 e. The predicted octanol–water partition coefficient (Wildman–Crippen LogP) is 4.00. The van der Waals surface area contributed by atoms with E-state index < -0.39 is 29.2 Å². The average Bonchev–Trinajstić information content (AvgIpc) is 3.12. The van der Waals surface area contributed by atoms with Crippen LogP contribution in [0.3, 0.4) is 0 Å². The second kappa shape index (κ2) is 9.87. The van der Waals surface area contributed by atoms with Crippen LogP contribution in [0.2, 0.25) is 0 Å². The van der Waals surface area contributed by atoms with Crippen molar-refractivity contribution >= 4 is 12.1 Å². The highest BCUT2D eigenvalue weighted by molar-refractivity contribution is 5.70. The molecule has 0 bridgehead atoms. The van der Waals surface area contributed by atoms with Crippen molar-refractivity contribution in [2.45, 2.75) is 59.2 Å². The van der Waals surface area contributed by atoms with Gasteiger partial charge in [0.05, 0.1) is 6.61 Å². The minimum absolute atomic E-state index is 0.0776. The van der Waals surface area contributed by atoms with Gasteiger partial charge >= 0.3 is 12.1 Å². The Morgan fingerprint density at radius 2 is 1.74 bits per heavy atom. The topological polar surface area (TPSA) is 121 Å². The first-order chi connectivity index (χ1) is 15.9. The number of carbonyl (C=O) groups is 2. The fraction of sp³-hybridized carbons (Fsp3) is 0.520. The Morgan fingerprint density at radius 1 is 1.06 bits per heavy atom. The van der Waals surface area contributed by atoms with Crippen LogP contribution in [0.25, 0.3) is 0 Å². The van der Waals surface area contributed by atoms with E-state index in [0.717, 1.165) is 16.2 Å². The van der Waals surface area contributed by atoms with Crippen LogP contribution in [0.5, 0.6) is 17.5 Å². The summed E-state index contributed by atoms with van der Waals surface area (Å²) in [6, 6.07) is 10.5. The minimum atomic E-state index is -0.586.